The lowest BCUT2D eigenvalue weighted by atomic mass is 10.0. The molecule has 5 atom stereocenters. The largest absolute Gasteiger partial charge is 0.469 e. The number of methoxy groups -OCH3 is 1. The van der Waals surface area contributed by atoms with Gasteiger partial charge in [-0.2, -0.15) is 0 Å². The number of ether oxygens (including phenoxy) is 5. The average molecular weight is 315 g/mol. The molecule has 0 bridgehead atoms. The van der Waals surface area contributed by atoms with Gasteiger partial charge in [-0.3, -0.25) is 9.59 Å². The third-order valence-electron chi connectivity index (χ3n) is 3.26. The molecule has 10 nitrogen and oxygen atoms in total. The summed E-state index contributed by atoms with van der Waals surface area (Å²) in [7, 11) is 1.15. The molecule has 10 heteroatoms. The monoisotopic (exact) mass is 315 g/mol. The third-order valence-corrected chi connectivity index (χ3v) is 3.26. The molecule has 0 aliphatic carbocycles. The van der Waals surface area contributed by atoms with Crippen molar-refractivity contribution in [3.8, 4) is 0 Å². The van der Waals surface area contributed by atoms with Crippen molar-refractivity contribution in [1.29, 1.82) is 0 Å². The highest BCUT2D eigenvalue weighted by Crippen LogP contribution is 2.40. The van der Waals surface area contributed by atoms with E-state index in [0.29, 0.717) is 0 Å². The van der Waals surface area contributed by atoms with E-state index in [1.54, 1.807) is 13.8 Å². The summed E-state index contributed by atoms with van der Waals surface area (Å²) in [5.74, 6) is -2.31. The van der Waals surface area contributed by atoms with Gasteiger partial charge in [-0.1, -0.05) is 5.11 Å². The van der Waals surface area contributed by atoms with Crippen LogP contribution in [0.1, 0.15) is 20.8 Å². The summed E-state index contributed by atoms with van der Waals surface area (Å²) in [6.07, 6.45) is -3.59. The van der Waals surface area contributed by atoms with Crippen LogP contribution in [0.5, 0.6) is 0 Å². The van der Waals surface area contributed by atoms with Gasteiger partial charge in [0.15, 0.2) is 30.3 Å². The van der Waals surface area contributed by atoms with E-state index < -0.39 is 48.4 Å². The molecule has 0 aromatic heterocycles. The van der Waals surface area contributed by atoms with Crippen molar-refractivity contribution in [2.45, 2.75) is 57.2 Å². The molecule has 0 aromatic rings. The van der Waals surface area contributed by atoms with Crippen molar-refractivity contribution in [3.05, 3.63) is 10.4 Å². The average Bonchev–Trinajstić information content (AvgIpc) is 2.88. The van der Waals surface area contributed by atoms with Crippen LogP contribution in [0.3, 0.4) is 0 Å². The molecule has 0 spiro atoms. The quantitative estimate of drug-likeness (QED) is 0.322. The standard InChI is InChI=1S/C12H17N3O7/c1-5(16)19-8-7(6(14-15-13)10(17)18-4)20-11-9(8)21-12(2,3)22-11/h6-9,11H,1-4H3/t6-,7+,8-,9+,11+/m0/s1. The molecule has 2 aliphatic heterocycles. The van der Waals surface area contributed by atoms with Crippen LogP contribution in [-0.4, -0.2) is 55.5 Å². The summed E-state index contributed by atoms with van der Waals surface area (Å²) in [6, 6.07) is -1.32. The summed E-state index contributed by atoms with van der Waals surface area (Å²) < 4.78 is 26.5. The number of hydrogen-bond donors (Lipinski definition) is 0. The zero-order valence-corrected chi connectivity index (χ0v) is 12.6. The molecule has 2 aliphatic rings. The number of carbonyl (C=O) groups excluding carboxylic acids is 2. The van der Waals surface area contributed by atoms with E-state index in [-0.39, 0.29) is 0 Å². The molecule has 2 fully saturated rings. The fraction of sp³-hybridized carbons (Fsp3) is 0.833. The smallest absolute Gasteiger partial charge is 0.317 e. The fourth-order valence-electron chi connectivity index (χ4n) is 2.51. The van der Waals surface area contributed by atoms with Crippen LogP contribution in [0.4, 0.5) is 0 Å². The van der Waals surface area contributed by atoms with Gasteiger partial charge in [0.1, 0.15) is 6.10 Å². The van der Waals surface area contributed by atoms with Gasteiger partial charge in [0, 0.05) is 11.8 Å². The first-order valence-electron chi connectivity index (χ1n) is 6.59. The van der Waals surface area contributed by atoms with Crippen LogP contribution >= 0.6 is 0 Å². The Labute approximate surface area is 126 Å². The van der Waals surface area contributed by atoms with Crippen molar-refractivity contribution in [1.82, 2.24) is 0 Å². The molecule has 0 aromatic carbocycles. The molecule has 2 heterocycles. The predicted molar refractivity (Wildman–Crippen MR) is 69.2 cm³/mol. The molecule has 22 heavy (non-hydrogen) atoms. The van der Waals surface area contributed by atoms with E-state index in [9.17, 15) is 9.59 Å². The van der Waals surface area contributed by atoms with E-state index in [2.05, 4.69) is 14.8 Å². The lowest BCUT2D eigenvalue weighted by Gasteiger charge is -2.27. The Morgan fingerprint density at radius 2 is 2.05 bits per heavy atom. The zero-order chi connectivity index (χ0) is 16.5. The normalized spacial score (nSPS) is 33.5. The number of nitrogens with zero attached hydrogens (tertiary/aromatic N) is 3. The fourth-order valence-corrected chi connectivity index (χ4v) is 2.51. The van der Waals surface area contributed by atoms with Gasteiger partial charge in [-0.15, -0.1) is 0 Å². The third kappa shape index (κ3) is 3.14. The van der Waals surface area contributed by atoms with Crippen molar-refractivity contribution in [3.63, 3.8) is 0 Å². The van der Waals surface area contributed by atoms with Crippen molar-refractivity contribution in [2.24, 2.45) is 5.11 Å². The second kappa shape index (κ2) is 6.09. The summed E-state index contributed by atoms with van der Waals surface area (Å²) in [6.45, 7) is 4.57. The second-order valence-corrected chi connectivity index (χ2v) is 5.32. The summed E-state index contributed by atoms with van der Waals surface area (Å²) >= 11 is 0. The maximum Gasteiger partial charge on any atom is 0.317 e. The lowest BCUT2D eigenvalue weighted by molar-refractivity contribution is -0.221. The first-order valence-corrected chi connectivity index (χ1v) is 6.59. The minimum absolute atomic E-state index is 0.586. The van der Waals surface area contributed by atoms with Crippen LogP contribution in [0.2, 0.25) is 0 Å². The van der Waals surface area contributed by atoms with Gasteiger partial charge in [-0.25, -0.2) is 0 Å². The van der Waals surface area contributed by atoms with E-state index in [4.69, 9.17) is 24.5 Å². The summed E-state index contributed by atoms with van der Waals surface area (Å²) in [5.41, 5.74) is 8.62. The molecule has 0 amide bonds. The molecule has 2 rings (SSSR count). The topological polar surface area (TPSA) is 129 Å². The molecule has 122 valence electrons. The highest BCUT2D eigenvalue weighted by Gasteiger charge is 2.59. The number of azide groups is 1. The molecule has 0 unspecified atom stereocenters. The SMILES string of the molecule is COC(=O)[C@@H](N=[N+]=[N-])[C@H]1O[C@@H]2OC(C)(C)O[C@@H]2[C@H]1OC(C)=O. The molecule has 2 saturated heterocycles. The summed E-state index contributed by atoms with van der Waals surface area (Å²) in [5, 5.41) is 3.38. The zero-order valence-electron chi connectivity index (χ0n) is 12.6. The number of carbonyl (C=O) groups is 2. The first kappa shape index (κ1) is 16.5. The van der Waals surface area contributed by atoms with E-state index in [1.807, 2.05) is 0 Å². The Balaban J connectivity index is 2.28. The van der Waals surface area contributed by atoms with Crippen molar-refractivity contribution >= 4 is 11.9 Å². The minimum atomic E-state index is -1.32. The lowest BCUT2D eigenvalue weighted by Crippen LogP contribution is -2.45. The van der Waals surface area contributed by atoms with Gasteiger partial charge in [0.2, 0.25) is 0 Å². The van der Waals surface area contributed by atoms with Crippen LogP contribution in [0.15, 0.2) is 5.11 Å². The number of hydrogen-bond acceptors (Lipinski definition) is 8. The van der Waals surface area contributed by atoms with E-state index in [1.165, 1.54) is 6.92 Å². The molecular weight excluding hydrogens is 298 g/mol. The Morgan fingerprint density at radius 1 is 1.36 bits per heavy atom. The van der Waals surface area contributed by atoms with Crippen molar-refractivity contribution in [2.75, 3.05) is 7.11 Å². The molecule has 0 radical (unpaired) electrons. The van der Waals surface area contributed by atoms with E-state index in [0.717, 1.165) is 7.11 Å². The van der Waals surface area contributed by atoms with Crippen LogP contribution in [0, 0.1) is 0 Å². The Hall–Kier alpha value is -1.87. The maximum absolute atomic E-state index is 11.8. The van der Waals surface area contributed by atoms with Crippen LogP contribution < -0.4 is 0 Å². The van der Waals surface area contributed by atoms with E-state index >= 15 is 0 Å². The van der Waals surface area contributed by atoms with Crippen LogP contribution in [0.25, 0.3) is 10.4 Å². The second-order valence-electron chi connectivity index (χ2n) is 5.32. The maximum atomic E-state index is 11.8. The van der Waals surface area contributed by atoms with Crippen molar-refractivity contribution < 1.29 is 33.3 Å². The minimum Gasteiger partial charge on any atom is -0.469 e. The Bertz CT molecular complexity index is 517. The Morgan fingerprint density at radius 3 is 2.59 bits per heavy atom. The highest BCUT2D eigenvalue weighted by molar-refractivity contribution is 5.77. The highest BCUT2D eigenvalue weighted by atomic mass is 16.8. The number of fused-ring (bicyclic) bond motifs is 1. The van der Waals surface area contributed by atoms with Gasteiger partial charge in [0.05, 0.1) is 7.11 Å². The molecule has 0 N–H and O–H groups in total. The molecular formula is C12H17N3O7. The van der Waals surface area contributed by atoms with Gasteiger partial charge >= 0.3 is 11.9 Å². The van der Waals surface area contributed by atoms with Gasteiger partial charge in [-0.05, 0) is 19.4 Å². The Kier molecular flexibility index (Phi) is 4.57. The first-order chi connectivity index (χ1) is 10.3. The number of rotatable bonds is 4. The molecule has 0 saturated carbocycles. The van der Waals surface area contributed by atoms with Crippen LogP contribution in [-0.2, 0) is 33.3 Å². The van der Waals surface area contributed by atoms with Gasteiger partial charge in [0.25, 0.3) is 0 Å². The van der Waals surface area contributed by atoms with Gasteiger partial charge < -0.3 is 23.7 Å². The summed E-state index contributed by atoms with van der Waals surface area (Å²) in [4.78, 5) is 25.7. The number of esters is 2. The predicted octanol–water partition coefficient (Wildman–Crippen LogP) is 0.646.